The van der Waals surface area contributed by atoms with Gasteiger partial charge in [-0.1, -0.05) is 97.1 Å². The summed E-state index contributed by atoms with van der Waals surface area (Å²) in [6.45, 7) is -0.592. The number of hydrogen-bond donors (Lipinski definition) is 7. The van der Waals surface area contributed by atoms with Crippen molar-refractivity contribution in [3.8, 4) is 34.5 Å². The van der Waals surface area contributed by atoms with Crippen LogP contribution in [-0.2, 0) is 79.2 Å². The first-order chi connectivity index (χ1) is 37.7. The standard InChI is InChI=1S/C60H44O16S3/c61-34-39-33-45(19-26-54(39)67)60(49-9-3-6-12-57(49)79(72,73)76-60)44-18-25-53(66)38(32-44)28-37-31-43(17-24-52(37)65)59(48-8-2-5-11-56(48)78(70,71)75-59)42-16-23-51(64)36(30-42)27-35-29-41(15-22-50(35)63)58(40-13-20-46(62)21-14-40)47-7-1-4-10-55(47)77(68,69)74-58/h1-26,29-33,61-67H,27-28,34H2. The van der Waals surface area contributed by atoms with Crippen LogP contribution in [0.3, 0.4) is 0 Å². The van der Waals surface area contributed by atoms with Gasteiger partial charge >= 0.3 is 0 Å². The van der Waals surface area contributed by atoms with Gasteiger partial charge in [0.05, 0.1) is 6.61 Å². The lowest BCUT2D eigenvalue weighted by Gasteiger charge is -2.31. The SMILES string of the molecule is O=S1(=O)OC(c2ccc(O)cc2)(c2ccc(O)c(Cc3cc(C4(c5ccc(O)c(Cc6cc(C7(c8ccc(O)c(CO)c8)OS(=O)(=O)c8ccccc87)ccc6O)c5)OS(=O)(=O)c5ccccc54)ccc3O)c2)c2ccccc21. The summed E-state index contributed by atoms with van der Waals surface area (Å²) < 4.78 is 102. The molecule has 19 heteroatoms. The second-order valence-corrected chi connectivity index (χ2v) is 24.0. The van der Waals surface area contributed by atoms with Crippen molar-refractivity contribution in [3.05, 3.63) is 266 Å². The van der Waals surface area contributed by atoms with Gasteiger partial charge in [-0.25, -0.2) is 12.5 Å². The Kier molecular flexibility index (Phi) is 11.9. The molecule has 3 aliphatic rings. The fourth-order valence-corrected chi connectivity index (χ4v) is 15.5. The smallest absolute Gasteiger partial charge is 0.298 e. The molecule has 0 spiro atoms. The molecule has 3 aliphatic heterocycles. The third-order valence-electron chi connectivity index (χ3n) is 14.9. The quantitative estimate of drug-likeness (QED) is 0.0597. The van der Waals surface area contributed by atoms with E-state index in [9.17, 15) is 61.0 Å². The van der Waals surface area contributed by atoms with E-state index in [0.29, 0.717) is 5.56 Å². The minimum atomic E-state index is -4.54. The van der Waals surface area contributed by atoms with Crippen LogP contribution >= 0.6 is 0 Å². The highest BCUT2D eigenvalue weighted by Gasteiger charge is 2.54. The molecule has 0 saturated heterocycles. The third-order valence-corrected chi connectivity index (χ3v) is 19.0. The Bertz CT molecular complexity index is 4370. The highest BCUT2D eigenvalue weighted by molar-refractivity contribution is 7.87. The van der Waals surface area contributed by atoms with Gasteiger partial charge in [0.25, 0.3) is 30.4 Å². The predicted octanol–water partition coefficient (Wildman–Crippen LogP) is 8.63. The summed E-state index contributed by atoms with van der Waals surface area (Å²) in [7, 11) is -13.3. The number of aromatic hydroxyl groups is 6. The van der Waals surface area contributed by atoms with E-state index in [1.807, 2.05) is 0 Å². The van der Waals surface area contributed by atoms with Gasteiger partial charge in [0, 0.05) is 35.1 Å². The summed E-state index contributed by atoms with van der Waals surface area (Å²) in [4.78, 5) is -0.380. The molecule has 0 amide bonds. The maximum Gasteiger partial charge on any atom is 0.298 e. The summed E-state index contributed by atoms with van der Waals surface area (Å²) in [5.74, 6) is -1.38. The number of fused-ring (bicyclic) bond motifs is 3. The van der Waals surface area contributed by atoms with Crippen LogP contribution in [0.2, 0.25) is 0 Å². The van der Waals surface area contributed by atoms with Crippen molar-refractivity contribution >= 4 is 30.4 Å². The van der Waals surface area contributed by atoms with E-state index in [4.69, 9.17) is 12.5 Å². The van der Waals surface area contributed by atoms with Crippen LogP contribution in [-0.4, -0.2) is 61.0 Å². The summed E-state index contributed by atoms with van der Waals surface area (Å²) >= 11 is 0. The molecule has 79 heavy (non-hydrogen) atoms. The molecular weight excluding hydrogens is 1070 g/mol. The first-order valence-corrected chi connectivity index (χ1v) is 28.6. The van der Waals surface area contributed by atoms with Crippen molar-refractivity contribution in [2.45, 2.75) is 50.9 Å². The average Bonchev–Trinajstić information content (AvgIpc) is 3.33. The minimum absolute atomic E-state index is 0.0791. The molecule has 3 heterocycles. The van der Waals surface area contributed by atoms with Crippen LogP contribution in [0.15, 0.2) is 203 Å². The molecule has 398 valence electrons. The first kappa shape index (κ1) is 51.2. The molecular formula is C60H44O16S3. The van der Waals surface area contributed by atoms with Crippen molar-refractivity contribution in [1.82, 2.24) is 0 Å². The van der Waals surface area contributed by atoms with Gasteiger partial charge in [0.1, 0.15) is 49.2 Å². The van der Waals surface area contributed by atoms with Crippen LogP contribution in [0, 0.1) is 0 Å². The summed E-state index contributed by atoms with van der Waals surface area (Å²) in [6.07, 6.45) is -0.466. The lowest BCUT2D eigenvalue weighted by atomic mass is 9.78. The molecule has 0 bridgehead atoms. The topological polar surface area (TPSA) is 272 Å². The van der Waals surface area contributed by atoms with Crippen LogP contribution in [0.25, 0.3) is 0 Å². The Labute approximate surface area is 452 Å². The summed E-state index contributed by atoms with van der Waals surface area (Å²) in [5.41, 5.74) is -2.88. The molecule has 0 aliphatic carbocycles. The molecule has 0 aromatic heterocycles. The Morgan fingerprint density at radius 1 is 0.316 bits per heavy atom. The molecule has 0 fully saturated rings. The van der Waals surface area contributed by atoms with E-state index in [1.165, 1.54) is 140 Å². The number of hydrogen-bond acceptors (Lipinski definition) is 16. The zero-order valence-corrected chi connectivity index (χ0v) is 43.5. The largest absolute Gasteiger partial charge is 0.508 e. The number of benzene rings is 9. The van der Waals surface area contributed by atoms with E-state index in [-0.39, 0.29) is 134 Å². The van der Waals surface area contributed by atoms with E-state index in [1.54, 1.807) is 48.5 Å². The van der Waals surface area contributed by atoms with Crippen LogP contribution in [0.5, 0.6) is 34.5 Å². The number of aliphatic hydroxyl groups excluding tert-OH is 1. The van der Waals surface area contributed by atoms with Gasteiger partial charge in [-0.05, 0) is 147 Å². The Morgan fingerprint density at radius 2 is 0.570 bits per heavy atom. The number of phenolic OH excluding ortho intramolecular Hbond substituents is 5. The van der Waals surface area contributed by atoms with Crippen LogP contribution < -0.4 is 0 Å². The number of phenols is 6. The maximum absolute atomic E-state index is 14.2. The Morgan fingerprint density at radius 3 is 0.873 bits per heavy atom. The first-order valence-electron chi connectivity index (χ1n) is 24.4. The molecule has 7 N–H and O–H groups in total. The van der Waals surface area contributed by atoms with Crippen LogP contribution in [0.4, 0.5) is 0 Å². The molecule has 3 unspecified atom stereocenters. The van der Waals surface area contributed by atoms with Crippen molar-refractivity contribution < 1.29 is 73.5 Å². The van der Waals surface area contributed by atoms with Gasteiger partial charge in [-0.15, -0.1) is 0 Å². The Balaban J connectivity index is 0.975. The molecule has 9 aromatic carbocycles. The molecule has 16 nitrogen and oxygen atoms in total. The van der Waals surface area contributed by atoms with Gasteiger partial charge in [0.2, 0.25) is 0 Å². The van der Waals surface area contributed by atoms with Crippen molar-refractivity contribution in [1.29, 1.82) is 0 Å². The molecule has 12 rings (SSSR count). The molecule has 0 radical (unpaired) electrons. The minimum Gasteiger partial charge on any atom is -0.508 e. The highest BCUT2D eigenvalue weighted by atomic mass is 32.2. The second-order valence-electron chi connectivity index (χ2n) is 19.4. The molecule has 3 atom stereocenters. The fourth-order valence-electron chi connectivity index (χ4n) is 11.2. The normalized spacial score (nSPS) is 21.0. The van der Waals surface area contributed by atoms with Crippen molar-refractivity contribution in [2.75, 3.05) is 0 Å². The molecule has 9 aromatic rings. The van der Waals surface area contributed by atoms with Crippen molar-refractivity contribution in [3.63, 3.8) is 0 Å². The summed E-state index contributed by atoms with van der Waals surface area (Å²) in [6, 6.07) is 45.9. The lowest BCUT2D eigenvalue weighted by molar-refractivity contribution is 0.179. The number of rotatable bonds is 11. The van der Waals surface area contributed by atoms with E-state index < -0.39 is 53.8 Å². The van der Waals surface area contributed by atoms with Gasteiger partial charge in [0.15, 0.2) is 16.8 Å². The molecule has 0 saturated carbocycles. The Hall–Kier alpha value is -8.53. The highest BCUT2D eigenvalue weighted by Crippen LogP contribution is 2.55. The summed E-state index contributed by atoms with van der Waals surface area (Å²) in [5, 5.41) is 77.2. The average molecular weight is 1120 g/mol. The van der Waals surface area contributed by atoms with Crippen LogP contribution in [0.1, 0.15) is 77.9 Å². The van der Waals surface area contributed by atoms with Gasteiger partial charge < -0.3 is 35.7 Å². The van der Waals surface area contributed by atoms with E-state index >= 15 is 0 Å². The zero-order chi connectivity index (χ0) is 55.4. The fraction of sp³-hybridized carbons (Fsp3) is 0.100. The predicted molar refractivity (Wildman–Crippen MR) is 284 cm³/mol. The van der Waals surface area contributed by atoms with Gasteiger partial charge in [-0.2, -0.15) is 25.3 Å². The van der Waals surface area contributed by atoms with E-state index in [2.05, 4.69) is 0 Å². The van der Waals surface area contributed by atoms with E-state index in [0.717, 1.165) is 0 Å². The lowest BCUT2D eigenvalue weighted by Crippen LogP contribution is -2.30. The second kappa shape index (κ2) is 18.3. The monoisotopic (exact) mass is 1120 g/mol. The van der Waals surface area contributed by atoms with Gasteiger partial charge in [-0.3, -0.25) is 0 Å². The van der Waals surface area contributed by atoms with Crippen molar-refractivity contribution in [2.24, 2.45) is 0 Å². The number of aliphatic hydroxyl groups is 1. The maximum atomic E-state index is 14.2. The zero-order valence-electron chi connectivity index (χ0n) is 41.0. The third kappa shape index (κ3) is 7.95.